The van der Waals surface area contributed by atoms with Gasteiger partial charge in [0.2, 0.25) is 15.9 Å². The zero-order valence-electron chi connectivity index (χ0n) is 10.9. The van der Waals surface area contributed by atoms with Crippen LogP contribution in [-0.2, 0) is 14.8 Å². The molecule has 0 heterocycles. The summed E-state index contributed by atoms with van der Waals surface area (Å²) in [4.78, 5) is 11.6. The molecule has 0 aromatic heterocycles. The second-order valence-electron chi connectivity index (χ2n) is 5.09. The van der Waals surface area contributed by atoms with Gasteiger partial charge in [0.25, 0.3) is 0 Å². The summed E-state index contributed by atoms with van der Waals surface area (Å²) in [6.45, 7) is 0. The summed E-state index contributed by atoms with van der Waals surface area (Å²) < 4.78 is 36.0. The van der Waals surface area contributed by atoms with Crippen LogP contribution in [-0.4, -0.2) is 14.3 Å². The standard InChI is InChI=1S/C13H17FN2O3S/c14-11-6-5-10(20(15,18)19)8-12(11)16-13(17)7-9-3-1-2-4-9/h5-6,8-9H,1-4,7H2,(H,16,17)(H2,15,18,19). The van der Waals surface area contributed by atoms with E-state index in [0.29, 0.717) is 12.3 Å². The molecule has 7 heteroatoms. The number of sulfonamides is 1. The lowest BCUT2D eigenvalue weighted by Crippen LogP contribution is -2.17. The van der Waals surface area contributed by atoms with E-state index in [9.17, 15) is 17.6 Å². The first kappa shape index (κ1) is 14.9. The fourth-order valence-corrected chi connectivity index (χ4v) is 2.99. The zero-order chi connectivity index (χ0) is 14.8. The Kier molecular flexibility index (Phi) is 4.39. The van der Waals surface area contributed by atoms with Crippen LogP contribution in [0.3, 0.4) is 0 Å². The maximum atomic E-state index is 13.6. The molecule has 5 nitrogen and oxygen atoms in total. The Morgan fingerprint density at radius 1 is 1.35 bits per heavy atom. The van der Waals surface area contributed by atoms with Gasteiger partial charge in [0.05, 0.1) is 10.6 Å². The van der Waals surface area contributed by atoms with E-state index >= 15 is 0 Å². The molecule has 0 aliphatic heterocycles. The van der Waals surface area contributed by atoms with E-state index in [-0.39, 0.29) is 16.5 Å². The average molecular weight is 300 g/mol. The van der Waals surface area contributed by atoms with Gasteiger partial charge in [0, 0.05) is 6.42 Å². The van der Waals surface area contributed by atoms with Crippen LogP contribution in [0.1, 0.15) is 32.1 Å². The Morgan fingerprint density at radius 3 is 2.60 bits per heavy atom. The number of carbonyl (C=O) groups excluding carboxylic acids is 1. The first-order valence-corrected chi connectivity index (χ1v) is 8.03. The Bertz CT molecular complexity index is 610. The van der Waals surface area contributed by atoms with Crippen molar-refractivity contribution in [1.82, 2.24) is 0 Å². The molecule has 110 valence electrons. The van der Waals surface area contributed by atoms with E-state index in [1.807, 2.05) is 0 Å². The van der Waals surface area contributed by atoms with Gasteiger partial charge in [-0.05, 0) is 37.0 Å². The summed E-state index contributed by atoms with van der Waals surface area (Å²) in [5.74, 6) is -0.654. The van der Waals surface area contributed by atoms with E-state index in [0.717, 1.165) is 43.9 Å². The first-order chi connectivity index (χ1) is 9.36. The van der Waals surface area contributed by atoms with Crippen molar-refractivity contribution >= 4 is 21.6 Å². The fourth-order valence-electron chi connectivity index (χ4n) is 2.46. The zero-order valence-corrected chi connectivity index (χ0v) is 11.7. The third kappa shape index (κ3) is 3.77. The van der Waals surface area contributed by atoms with Crippen molar-refractivity contribution in [3.8, 4) is 0 Å². The summed E-state index contributed by atoms with van der Waals surface area (Å²) in [6.07, 6.45) is 4.58. The van der Waals surface area contributed by atoms with Gasteiger partial charge in [-0.25, -0.2) is 17.9 Å². The predicted molar refractivity (Wildman–Crippen MR) is 73.0 cm³/mol. The number of amides is 1. The summed E-state index contributed by atoms with van der Waals surface area (Å²) in [7, 11) is -3.92. The molecule has 0 unspecified atom stereocenters. The Morgan fingerprint density at radius 2 is 2.00 bits per heavy atom. The smallest absolute Gasteiger partial charge is 0.238 e. The Balaban J connectivity index is 2.09. The van der Waals surface area contributed by atoms with E-state index < -0.39 is 15.8 Å². The van der Waals surface area contributed by atoms with Crippen LogP contribution in [0.5, 0.6) is 0 Å². The lowest BCUT2D eigenvalue weighted by atomic mass is 10.0. The summed E-state index contributed by atoms with van der Waals surface area (Å²) >= 11 is 0. The lowest BCUT2D eigenvalue weighted by molar-refractivity contribution is -0.117. The molecule has 20 heavy (non-hydrogen) atoms. The quantitative estimate of drug-likeness (QED) is 0.891. The Hall–Kier alpha value is -1.47. The van der Waals surface area contributed by atoms with Crippen molar-refractivity contribution in [2.24, 2.45) is 11.1 Å². The van der Waals surface area contributed by atoms with Crippen LogP contribution in [0.2, 0.25) is 0 Å². The van der Waals surface area contributed by atoms with Gasteiger partial charge in [0.1, 0.15) is 5.82 Å². The second-order valence-corrected chi connectivity index (χ2v) is 6.65. The van der Waals surface area contributed by atoms with Gasteiger partial charge >= 0.3 is 0 Å². The van der Waals surface area contributed by atoms with Crippen molar-refractivity contribution in [3.63, 3.8) is 0 Å². The second kappa shape index (κ2) is 5.88. The minimum atomic E-state index is -3.92. The largest absolute Gasteiger partial charge is 0.324 e. The van der Waals surface area contributed by atoms with Crippen molar-refractivity contribution in [2.45, 2.75) is 37.0 Å². The molecule has 1 aliphatic carbocycles. The maximum Gasteiger partial charge on any atom is 0.238 e. The summed E-state index contributed by atoms with van der Waals surface area (Å²) in [6, 6.07) is 3.08. The number of hydrogen-bond donors (Lipinski definition) is 2. The highest BCUT2D eigenvalue weighted by molar-refractivity contribution is 7.89. The van der Waals surface area contributed by atoms with Gasteiger partial charge in [-0.15, -0.1) is 0 Å². The van der Waals surface area contributed by atoms with Crippen LogP contribution in [0.15, 0.2) is 23.1 Å². The monoisotopic (exact) mass is 300 g/mol. The van der Waals surface area contributed by atoms with Crippen molar-refractivity contribution in [2.75, 3.05) is 5.32 Å². The molecular weight excluding hydrogens is 283 g/mol. The van der Waals surface area contributed by atoms with Gasteiger partial charge < -0.3 is 5.32 Å². The van der Waals surface area contributed by atoms with E-state index in [1.165, 1.54) is 0 Å². The number of benzene rings is 1. The summed E-state index contributed by atoms with van der Waals surface area (Å²) in [5, 5.41) is 7.39. The SMILES string of the molecule is NS(=O)(=O)c1ccc(F)c(NC(=O)CC2CCCC2)c1. The third-order valence-corrected chi connectivity index (χ3v) is 4.40. The lowest BCUT2D eigenvalue weighted by Gasteiger charge is -2.11. The minimum Gasteiger partial charge on any atom is -0.324 e. The number of primary sulfonamides is 1. The van der Waals surface area contributed by atoms with Crippen LogP contribution in [0.4, 0.5) is 10.1 Å². The predicted octanol–water partition coefficient (Wildman–Crippen LogP) is 1.99. The maximum absolute atomic E-state index is 13.6. The molecule has 0 atom stereocenters. The molecule has 1 saturated carbocycles. The first-order valence-electron chi connectivity index (χ1n) is 6.48. The van der Waals surface area contributed by atoms with Crippen LogP contribution in [0, 0.1) is 11.7 Å². The number of hydrogen-bond acceptors (Lipinski definition) is 3. The molecule has 0 radical (unpaired) electrons. The number of carbonyl (C=O) groups is 1. The number of rotatable bonds is 4. The molecule has 0 spiro atoms. The van der Waals surface area contributed by atoms with Crippen LogP contribution < -0.4 is 10.5 Å². The van der Waals surface area contributed by atoms with Crippen molar-refractivity contribution < 1.29 is 17.6 Å². The third-order valence-electron chi connectivity index (χ3n) is 3.49. The molecule has 0 saturated heterocycles. The van der Waals surface area contributed by atoms with E-state index in [2.05, 4.69) is 5.32 Å². The normalized spacial score (nSPS) is 16.3. The molecule has 1 aliphatic rings. The summed E-state index contributed by atoms with van der Waals surface area (Å²) in [5.41, 5.74) is -0.153. The van der Waals surface area contributed by atoms with Crippen LogP contribution >= 0.6 is 0 Å². The topological polar surface area (TPSA) is 89.3 Å². The molecule has 1 fully saturated rings. The number of halogens is 1. The van der Waals surface area contributed by atoms with Gasteiger partial charge in [0.15, 0.2) is 0 Å². The van der Waals surface area contributed by atoms with E-state index in [1.54, 1.807) is 0 Å². The fraction of sp³-hybridized carbons (Fsp3) is 0.462. The molecule has 1 amide bonds. The molecule has 1 aromatic carbocycles. The van der Waals surface area contributed by atoms with Crippen LogP contribution in [0.25, 0.3) is 0 Å². The van der Waals surface area contributed by atoms with E-state index in [4.69, 9.17) is 5.14 Å². The molecule has 1 aromatic rings. The highest BCUT2D eigenvalue weighted by atomic mass is 32.2. The molecule has 0 bridgehead atoms. The number of nitrogens with one attached hydrogen (secondary N) is 1. The number of anilines is 1. The van der Waals surface area contributed by atoms with Gasteiger partial charge in [-0.3, -0.25) is 4.79 Å². The van der Waals surface area contributed by atoms with Gasteiger partial charge in [-0.2, -0.15) is 0 Å². The van der Waals surface area contributed by atoms with Crippen molar-refractivity contribution in [1.29, 1.82) is 0 Å². The highest BCUT2D eigenvalue weighted by Gasteiger charge is 2.19. The molecule has 3 N–H and O–H groups in total. The molecule has 2 rings (SSSR count). The number of nitrogens with two attached hydrogens (primary N) is 1. The molecular formula is C13H17FN2O3S. The Labute approximate surface area is 117 Å². The van der Waals surface area contributed by atoms with Crippen molar-refractivity contribution in [3.05, 3.63) is 24.0 Å². The highest BCUT2D eigenvalue weighted by Crippen LogP contribution is 2.28. The van der Waals surface area contributed by atoms with Gasteiger partial charge in [-0.1, -0.05) is 12.8 Å². The average Bonchev–Trinajstić information content (AvgIpc) is 2.83. The minimum absolute atomic E-state index is 0.153.